The second-order valence-corrected chi connectivity index (χ2v) is 6.21. The summed E-state index contributed by atoms with van der Waals surface area (Å²) in [5.74, 6) is 0. The zero-order chi connectivity index (χ0) is 14.8. The van der Waals surface area contributed by atoms with E-state index in [1.54, 1.807) is 11.3 Å². The van der Waals surface area contributed by atoms with Crippen LogP contribution in [-0.4, -0.2) is 9.97 Å². The minimum Gasteiger partial charge on any atom is -0.399 e. The first-order valence-electron chi connectivity index (χ1n) is 7.00. The Balaban J connectivity index is 1.90. The molecule has 3 rings (SSSR count). The Morgan fingerprint density at radius 3 is 2.90 bits per heavy atom. The van der Waals surface area contributed by atoms with E-state index in [4.69, 9.17) is 5.73 Å². The number of anilines is 2. The average Bonchev–Trinajstić information content (AvgIpc) is 2.93. The lowest BCUT2D eigenvalue weighted by Gasteiger charge is -2.10. The van der Waals surface area contributed by atoms with Crippen molar-refractivity contribution in [1.29, 1.82) is 0 Å². The van der Waals surface area contributed by atoms with Gasteiger partial charge in [-0.3, -0.25) is 4.98 Å². The monoisotopic (exact) mass is 298 g/mol. The minimum absolute atomic E-state index is 0.720. The molecule has 3 aromatic rings. The molecule has 108 valence electrons. The smallest absolute Gasteiger partial charge is 0.112 e. The Hall–Kier alpha value is -2.14. The van der Waals surface area contributed by atoms with Gasteiger partial charge in [0.1, 0.15) is 5.01 Å². The van der Waals surface area contributed by atoms with Gasteiger partial charge in [0, 0.05) is 33.5 Å². The van der Waals surface area contributed by atoms with Gasteiger partial charge in [-0.25, -0.2) is 4.98 Å². The molecule has 0 unspecified atom stereocenters. The summed E-state index contributed by atoms with van der Waals surface area (Å²) in [5, 5.41) is 5.61. The molecule has 0 atom stereocenters. The van der Waals surface area contributed by atoms with Crippen molar-refractivity contribution in [3.05, 3.63) is 46.0 Å². The lowest BCUT2D eigenvalue weighted by Crippen LogP contribution is -2.01. The van der Waals surface area contributed by atoms with Gasteiger partial charge >= 0.3 is 0 Å². The molecule has 2 heterocycles. The molecule has 1 aromatic carbocycles. The molecule has 0 aliphatic carbocycles. The highest BCUT2D eigenvalue weighted by atomic mass is 32.1. The molecule has 0 fully saturated rings. The van der Waals surface area contributed by atoms with Gasteiger partial charge < -0.3 is 11.1 Å². The standard InChI is InChI=1S/C16H18N4S/c1-3-12-8-19-16(21-12)9-18-15-6-10(2)20-14-5-4-11(17)7-13(14)15/h4-8H,3,9,17H2,1-2H3,(H,18,20). The van der Waals surface area contributed by atoms with Crippen LogP contribution in [0.2, 0.25) is 0 Å². The van der Waals surface area contributed by atoms with Gasteiger partial charge in [0.2, 0.25) is 0 Å². The van der Waals surface area contributed by atoms with E-state index in [1.165, 1.54) is 4.88 Å². The first kappa shape index (κ1) is 13.8. The molecule has 3 N–H and O–H groups in total. The van der Waals surface area contributed by atoms with Crippen LogP contribution in [0.15, 0.2) is 30.5 Å². The average molecular weight is 298 g/mol. The SMILES string of the molecule is CCc1cnc(CNc2cc(C)nc3ccc(N)cc23)s1. The predicted octanol–water partition coefficient (Wildman–Crippen LogP) is 3.76. The molecular weight excluding hydrogens is 280 g/mol. The van der Waals surface area contributed by atoms with Crippen molar-refractivity contribution < 1.29 is 0 Å². The molecule has 0 saturated carbocycles. The third-order valence-electron chi connectivity index (χ3n) is 3.34. The lowest BCUT2D eigenvalue weighted by molar-refractivity contribution is 1.09. The van der Waals surface area contributed by atoms with E-state index in [1.807, 2.05) is 31.3 Å². The highest BCUT2D eigenvalue weighted by Crippen LogP contribution is 2.26. The van der Waals surface area contributed by atoms with Crippen LogP contribution in [0.5, 0.6) is 0 Å². The number of nitrogen functional groups attached to an aromatic ring is 1. The summed E-state index contributed by atoms with van der Waals surface area (Å²) in [7, 11) is 0. The zero-order valence-corrected chi connectivity index (χ0v) is 13.0. The van der Waals surface area contributed by atoms with E-state index >= 15 is 0 Å². The fourth-order valence-corrected chi connectivity index (χ4v) is 3.09. The molecule has 0 amide bonds. The molecular formula is C16H18N4S. The van der Waals surface area contributed by atoms with Gasteiger partial charge in [-0.2, -0.15) is 0 Å². The van der Waals surface area contributed by atoms with Crippen LogP contribution in [0.1, 0.15) is 22.5 Å². The maximum absolute atomic E-state index is 5.89. The molecule has 4 nitrogen and oxygen atoms in total. The fourth-order valence-electron chi connectivity index (χ4n) is 2.29. The quantitative estimate of drug-likeness (QED) is 0.720. The number of thiazole rings is 1. The van der Waals surface area contributed by atoms with Crippen molar-refractivity contribution >= 4 is 33.6 Å². The molecule has 0 saturated heterocycles. The maximum Gasteiger partial charge on any atom is 0.112 e. The van der Waals surface area contributed by atoms with Gasteiger partial charge in [0.15, 0.2) is 0 Å². The lowest BCUT2D eigenvalue weighted by atomic mass is 10.1. The van der Waals surface area contributed by atoms with Gasteiger partial charge in [0.05, 0.1) is 12.1 Å². The summed E-state index contributed by atoms with van der Waals surface area (Å²) < 4.78 is 0. The second kappa shape index (κ2) is 5.69. The topological polar surface area (TPSA) is 63.8 Å². The highest BCUT2D eigenvalue weighted by molar-refractivity contribution is 7.11. The Morgan fingerprint density at radius 1 is 1.29 bits per heavy atom. The number of hydrogen-bond donors (Lipinski definition) is 2. The summed E-state index contributed by atoms with van der Waals surface area (Å²) in [6, 6.07) is 7.86. The normalized spacial score (nSPS) is 11.0. The summed E-state index contributed by atoms with van der Waals surface area (Å²) in [4.78, 5) is 10.3. The van der Waals surface area contributed by atoms with Crippen molar-refractivity contribution in [2.75, 3.05) is 11.1 Å². The van der Waals surface area contributed by atoms with Crippen molar-refractivity contribution in [1.82, 2.24) is 9.97 Å². The number of pyridine rings is 1. The number of fused-ring (bicyclic) bond motifs is 1. The van der Waals surface area contributed by atoms with Crippen LogP contribution >= 0.6 is 11.3 Å². The number of rotatable bonds is 4. The second-order valence-electron chi connectivity index (χ2n) is 5.02. The maximum atomic E-state index is 5.89. The predicted molar refractivity (Wildman–Crippen MR) is 89.7 cm³/mol. The number of benzene rings is 1. The Morgan fingerprint density at radius 2 is 2.14 bits per heavy atom. The summed E-state index contributed by atoms with van der Waals surface area (Å²) in [6.07, 6.45) is 2.99. The molecule has 21 heavy (non-hydrogen) atoms. The molecule has 0 spiro atoms. The molecule has 0 radical (unpaired) electrons. The summed E-state index contributed by atoms with van der Waals surface area (Å²) in [5.41, 5.74) is 9.64. The Labute approximate surface area is 128 Å². The number of hydrogen-bond acceptors (Lipinski definition) is 5. The number of nitrogens with zero attached hydrogens (tertiary/aromatic N) is 2. The van der Waals surface area contributed by atoms with Gasteiger partial charge in [-0.15, -0.1) is 11.3 Å². The molecule has 5 heteroatoms. The van der Waals surface area contributed by atoms with Crippen LogP contribution in [-0.2, 0) is 13.0 Å². The van der Waals surface area contributed by atoms with Crippen LogP contribution in [0.25, 0.3) is 10.9 Å². The summed E-state index contributed by atoms with van der Waals surface area (Å²) in [6.45, 7) is 4.87. The van der Waals surface area contributed by atoms with E-state index in [2.05, 4.69) is 28.3 Å². The van der Waals surface area contributed by atoms with Crippen LogP contribution in [0.4, 0.5) is 11.4 Å². The van der Waals surface area contributed by atoms with Crippen molar-refractivity contribution in [3.8, 4) is 0 Å². The van der Waals surface area contributed by atoms with Gasteiger partial charge in [-0.1, -0.05) is 6.92 Å². The van der Waals surface area contributed by atoms with E-state index in [0.717, 1.165) is 45.9 Å². The van der Waals surface area contributed by atoms with Crippen LogP contribution in [0, 0.1) is 6.92 Å². The van der Waals surface area contributed by atoms with E-state index in [-0.39, 0.29) is 0 Å². The fraction of sp³-hybridized carbons (Fsp3) is 0.250. The third kappa shape index (κ3) is 2.97. The van der Waals surface area contributed by atoms with E-state index < -0.39 is 0 Å². The first-order chi connectivity index (χ1) is 10.2. The highest BCUT2D eigenvalue weighted by Gasteiger charge is 2.06. The largest absolute Gasteiger partial charge is 0.399 e. The molecule has 0 bridgehead atoms. The minimum atomic E-state index is 0.720. The number of aromatic nitrogens is 2. The third-order valence-corrected chi connectivity index (χ3v) is 4.48. The summed E-state index contributed by atoms with van der Waals surface area (Å²) >= 11 is 1.75. The van der Waals surface area contributed by atoms with Gasteiger partial charge in [0.25, 0.3) is 0 Å². The molecule has 0 aliphatic heterocycles. The first-order valence-corrected chi connectivity index (χ1v) is 7.81. The van der Waals surface area contributed by atoms with E-state index in [9.17, 15) is 0 Å². The number of aryl methyl sites for hydroxylation is 2. The van der Waals surface area contributed by atoms with Crippen molar-refractivity contribution in [2.24, 2.45) is 0 Å². The Kier molecular flexibility index (Phi) is 3.75. The van der Waals surface area contributed by atoms with Gasteiger partial charge in [-0.05, 0) is 37.6 Å². The van der Waals surface area contributed by atoms with Crippen LogP contribution < -0.4 is 11.1 Å². The van der Waals surface area contributed by atoms with E-state index in [0.29, 0.717) is 0 Å². The zero-order valence-electron chi connectivity index (χ0n) is 12.2. The Bertz CT molecular complexity index is 779. The molecule has 0 aliphatic rings. The van der Waals surface area contributed by atoms with Crippen LogP contribution in [0.3, 0.4) is 0 Å². The number of nitrogens with one attached hydrogen (secondary N) is 1. The molecule has 2 aromatic heterocycles. The van der Waals surface area contributed by atoms with Crippen molar-refractivity contribution in [2.45, 2.75) is 26.8 Å². The van der Waals surface area contributed by atoms with Crippen molar-refractivity contribution in [3.63, 3.8) is 0 Å². The number of nitrogens with two attached hydrogens (primary N) is 1.